The molecule has 0 unspecified atom stereocenters. The van der Waals surface area contributed by atoms with Gasteiger partial charge in [0.15, 0.2) is 0 Å². The van der Waals surface area contributed by atoms with Gasteiger partial charge in [0.25, 0.3) is 0 Å². The monoisotopic (exact) mass is 523 g/mol. The summed E-state index contributed by atoms with van der Waals surface area (Å²) in [5.74, 6) is -1.50. The van der Waals surface area contributed by atoms with E-state index in [2.05, 4.69) is 5.32 Å². The lowest BCUT2D eigenvalue weighted by molar-refractivity contribution is -0.140. The normalized spacial score (nSPS) is 15.0. The Balaban J connectivity index is 1.91. The van der Waals surface area contributed by atoms with Crippen LogP contribution in [0.4, 0.5) is 10.1 Å². The maximum Gasteiger partial charge on any atom is 0.244 e. The average molecular weight is 524 g/mol. The van der Waals surface area contributed by atoms with E-state index in [1.165, 1.54) is 11.0 Å². The summed E-state index contributed by atoms with van der Waals surface area (Å²) < 4.78 is 39.7. The van der Waals surface area contributed by atoms with E-state index in [0.717, 1.165) is 53.9 Å². The zero-order valence-corrected chi connectivity index (χ0v) is 21.5. The molecule has 2 aromatic rings. The Morgan fingerprint density at radius 2 is 1.80 bits per heavy atom. The van der Waals surface area contributed by atoms with E-state index in [1.807, 2.05) is 37.3 Å². The van der Waals surface area contributed by atoms with Crippen molar-refractivity contribution in [2.45, 2.75) is 57.7 Å². The SMILES string of the molecule is CC[C@H](C(=O)NC1CCCC1)N(Cc1ccccc1)C(=O)CN(c1ccc(F)c(Cl)c1)S(C)(=O)=O. The van der Waals surface area contributed by atoms with Gasteiger partial charge in [-0.1, -0.05) is 61.7 Å². The van der Waals surface area contributed by atoms with Crippen LogP contribution in [0.3, 0.4) is 0 Å². The van der Waals surface area contributed by atoms with Crippen molar-refractivity contribution in [3.8, 4) is 0 Å². The van der Waals surface area contributed by atoms with Crippen LogP contribution in [0.15, 0.2) is 48.5 Å². The molecule has 1 atom stereocenters. The van der Waals surface area contributed by atoms with Crippen LogP contribution in [0.25, 0.3) is 0 Å². The lowest BCUT2D eigenvalue weighted by Gasteiger charge is -2.33. The summed E-state index contributed by atoms with van der Waals surface area (Å²) in [6.07, 6.45) is 5.24. The molecule has 1 saturated carbocycles. The van der Waals surface area contributed by atoms with Crippen LogP contribution in [-0.2, 0) is 26.2 Å². The molecular weight excluding hydrogens is 493 g/mol. The molecule has 0 aromatic heterocycles. The molecule has 0 saturated heterocycles. The van der Waals surface area contributed by atoms with Crippen molar-refractivity contribution in [1.82, 2.24) is 10.2 Å². The number of halogens is 2. The molecule has 0 bridgehead atoms. The third-order valence-electron chi connectivity index (χ3n) is 6.15. The summed E-state index contributed by atoms with van der Waals surface area (Å²) >= 11 is 5.87. The lowest BCUT2D eigenvalue weighted by Crippen LogP contribution is -2.53. The molecule has 0 heterocycles. The Labute approximate surface area is 211 Å². The minimum absolute atomic E-state index is 0.0652. The molecular formula is C25H31ClFN3O4S. The molecule has 1 aliphatic rings. The zero-order chi connectivity index (χ0) is 25.6. The van der Waals surface area contributed by atoms with Gasteiger partial charge in [0.05, 0.1) is 17.0 Å². The number of hydrogen-bond donors (Lipinski definition) is 1. The Hall–Kier alpha value is -2.65. The Bertz CT molecular complexity index is 1140. The standard InChI is InChI=1S/C25H31ClFN3O4S/c1-3-23(25(32)28-19-11-7-8-12-19)29(16-18-9-5-4-6-10-18)24(31)17-30(35(2,33)34)20-13-14-22(27)21(26)15-20/h4-6,9-10,13-15,19,23H,3,7-8,11-12,16-17H2,1-2H3,(H,28,32)/t23-/m1/s1. The van der Waals surface area contributed by atoms with Crippen LogP contribution in [0.1, 0.15) is 44.6 Å². The fourth-order valence-electron chi connectivity index (χ4n) is 4.32. The maximum absolute atomic E-state index is 13.7. The first kappa shape index (κ1) is 26.9. The number of amides is 2. The van der Waals surface area contributed by atoms with Crippen molar-refractivity contribution in [3.05, 3.63) is 64.9 Å². The van der Waals surface area contributed by atoms with Gasteiger partial charge in [-0.05, 0) is 43.0 Å². The number of carbonyl (C=O) groups is 2. The van der Waals surface area contributed by atoms with Gasteiger partial charge in [-0.25, -0.2) is 12.8 Å². The molecule has 1 aliphatic carbocycles. The van der Waals surface area contributed by atoms with E-state index in [0.29, 0.717) is 6.42 Å². The average Bonchev–Trinajstić information content (AvgIpc) is 3.32. The molecule has 2 aromatic carbocycles. The highest BCUT2D eigenvalue weighted by Crippen LogP contribution is 2.25. The van der Waals surface area contributed by atoms with Gasteiger partial charge in [-0.15, -0.1) is 0 Å². The molecule has 0 aliphatic heterocycles. The van der Waals surface area contributed by atoms with Gasteiger partial charge in [0.2, 0.25) is 21.8 Å². The Kier molecular flexibility index (Phi) is 9.13. The first-order valence-corrected chi connectivity index (χ1v) is 13.9. The molecule has 190 valence electrons. The van der Waals surface area contributed by atoms with Crippen LogP contribution in [0, 0.1) is 5.82 Å². The summed E-state index contributed by atoms with van der Waals surface area (Å²) in [5, 5.41) is 2.80. The number of anilines is 1. The van der Waals surface area contributed by atoms with Crippen molar-refractivity contribution < 1.29 is 22.4 Å². The van der Waals surface area contributed by atoms with Crippen molar-refractivity contribution in [2.75, 3.05) is 17.1 Å². The van der Waals surface area contributed by atoms with E-state index in [1.54, 1.807) is 0 Å². The summed E-state index contributed by atoms with van der Waals surface area (Å²) in [7, 11) is -3.92. The highest BCUT2D eigenvalue weighted by atomic mass is 35.5. The molecule has 10 heteroatoms. The highest BCUT2D eigenvalue weighted by molar-refractivity contribution is 7.92. The smallest absolute Gasteiger partial charge is 0.244 e. The van der Waals surface area contributed by atoms with Crippen molar-refractivity contribution in [2.24, 2.45) is 0 Å². The molecule has 7 nitrogen and oxygen atoms in total. The number of sulfonamides is 1. The predicted octanol–water partition coefficient (Wildman–Crippen LogP) is 4.11. The molecule has 1 N–H and O–H groups in total. The summed E-state index contributed by atoms with van der Waals surface area (Å²) in [6.45, 7) is 1.40. The Morgan fingerprint density at radius 1 is 1.14 bits per heavy atom. The number of rotatable bonds is 10. The molecule has 1 fully saturated rings. The number of nitrogens with zero attached hydrogens (tertiary/aromatic N) is 2. The second kappa shape index (κ2) is 11.9. The Morgan fingerprint density at radius 3 is 2.37 bits per heavy atom. The van der Waals surface area contributed by atoms with Crippen LogP contribution in [0.2, 0.25) is 5.02 Å². The van der Waals surface area contributed by atoms with Gasteiger partial charge < -0.3 is 10.2 Å². The van der Waals surface area contributed by atoms with E-state index < -0.39 is 34.3 Å². The van der Waals surface area contributed by atoms with Crippen LogP contribution in [0.5, 0.6) is 0 Å². The van der Waals surface area contributed by atoms with Gasteiger partial charge in [-0.3, -0.25) is 13.9 Å². The largest absolute Gasteiger partial charge is 0.352 e. The molecule has 2 amide bonds. The third kappa shape index (κ3) is 7.18. The van der Waals surface area contributed by atoms with Crippen molar-refractivity contribution in [1.29, 1.82) is 0 Å². The summed E-state index contributed by atoms with van der Waals surface area (Å²) in [5.41, 5.74) is 0.874. The summed E-state index contributed by atoms with van der Waals surface area (Å²) in [6, 6.07) is 12.0. The van der Waals surface area contributed by atoms with Crippen LogP contribution < -0.4 is 9.62 Å². The van der Waals surface area contributed by atoms with Crippen LogP contribution in [-0.4, -0.2) is 50.0 Å². The number of nitrogens with one attached hydrogen (secondary N) is 1. The van der Waals surface area contributed by atoms with E-state index in [-0.39, 0.29) is 29.2 Å². The van der Waals surface area contributed by atoms with Gasteiger partial charge in [-0.2, -0.15) is 0 Å². The van der Waals surface area contributed by atoms with Gasteiger partial charge in [0, 0.05) is 12.6 Å². The second-order valence-electron chi connectivity index (χ2n) is 8.79. The fraction of sp³-hybridized carbons (Fsp3) is 0.440. The van der Waals surface area contributed by atoms with Gasteiger partial charge >= 0.3 is 0 Å². The van der Waals surface area contributed by atoms with Crippen molar-refractivity contribution >= 4 is 39.1 Å². The minimum atomic E-state index is -3.92. The molecule has 35 heavy (non-hydrogen) atoms. The topological polar surface area (TPSA) is 86.8 Å². The van der Waals surface area contributed by atoms with E-state index in [4.69, 9.17) is 11.6 Å². The third-order valence-corrected chi connectivity index (χ3v) is 7.58. The number of benzene rings is 2. The first-order valence-electron chi connectivity index (χ1n) is 11.7. The molecule has 3 rings (SSSR count). The zero-order valence-electron chi connectivity index (χ0n) is 19.9. The quantitative estimate of drug-likeness (QED) is 0.507. The summed E-state index contributed by atoms with van der Waals surface area (Å²) in [4.78, 5) is 28.2. The molecule has 0 spiro atoms. The highest BCUT2D eigenvalue weighted by Gasteiger charge is 2.33. The number of carbonyl (C=O) groups excluding carboxylic acids is 2. The first-order chi connectivity index (χ1) is 16.6. The number of hydrogen-bond acceptors (Lipinski definition) is 4. The van der Waals surface area contributed by atoms with E-state index in [9.17, 15) is 22.4 Å². The maximum atomic E-state index is 13.7. The lowest BCUT2D eigenvalue weighted by atomic mass is 10.1. The fourth-order valence-corrected chi connectivity index (χ4v) is 5.34. The van der Waals surface area contributed by atoms with Crippen LogP contribution >= 0.6 is 11.6 Å². The minimum Gasteiger partial charge on any atom is -0.352 e. The van der Waals surface area contributed by atoms with E-state index >= 15 is 0 Å². The second-order valence-corrected chi connectivity index (χ2v) is 11.1. The molecule has 0 radical (unpaired) electrons. The predicted molar refractivity (Wildman–Crippen MR) is 135 cm³/mol. The van der Waals surface area contributed by atoms with Crippen molar-refractivity contribution in [3.63, 3.8) is 0 Å². The van der Waals surface area contributed by atoms with Gasteiger partial charge in [0.1, 0.15) is 18.4 Å².